The number of benzene rings is 3. The summed E-state index contributed by atoms with van der Waals surface area (Å²) in [5.74, 6) is -1.27. The first kappa shape index (κ1) is 19.9. The van der Waals surface area contributed by atoms with E-state index in [9.17, 15) is 14.7 Å². The van der Waals surface area contributed by atoms with Crippen LogP contribution in [0.15, 0.2) is 78.4 Å². The van der Waals surface area contributed by atoms with Crippen molar-refractivity contribution in [2.75, 3.05) is 6.54 Å². The van der Waals surface area contributed by atoms with Gasteiger partial charge in [-0.2, -0.15) is 0 Å². The first-order valence-electron chi connectivity index (χ1n) is 10.4. The van der Waals surface area contributed by atoms with Crippen LogP contribution in [0.2, 0.25) is 0 Å². The maximum atomic E-state index is 13.1. The first-order chi connectivity index (χ1) is 14.6. The highest BCUT2D eigenvalue weighted by Crippen LogP contribution is 2.40. The Hall–Kier alpha value is -3.40. The van der Waals surface area contributed by atoms with E-state index in [4.69, 9.17) is 0 Å². The van der Waals surface area contributed by atoms with Crippen molar-refractivity contribution in [2.24, 2.45) is 0 Å². The molecule has 152 valence electrons. The van der Waals surface area contributed by atoms with E-state index in [2.05, 4.69) is 6.92 Å². The summed E-state index contributed by atoms with van der Waals surface area (Å²) < 4.78 is 0. The molecule has 1 N–H and O–H groups in total. The molecular formula is C26H25NO3. The van der Waals surface area contributed by atoms with E-state index in [1.807, 2.05) is 66.7 Å². The van der Waals surface area contributed by atoms with E-state index >= 15 is 0 Å². The third kappa shape index (κ3) is 3.50. The number of rotatable bonds is 6. The molecule has 3 aromatic carbocycles. The number of amides is 1. The molecule has 1 unspecified atom stereocenters. The molecule has 1 aliphatic heterocycles. The molecule has 1 aliphatic rings. The summed E-state index contributed by atoms with van der Waals surface area (Å²) in [4.78, 5) is 27.6. The second-order valence-corrected chi connectivity index (χ2v) is 7.64. The molecule has 1 fully saturated rings. The Labute approximate surface area is 176 Å². The maximum absolute atomic E-state index is 13.1. The third-order valence-electron chi connectivity index (χ3n) is 5.70. The van der Waals surface area contributed by atoms with Crippen LogP contribution in [0, 0.1) is 0 Å². The number of nitrogens with zero attached hydrogens (tertiary/aromatic N) is 1. The van der Waals surface area contributed by atoms with Crippen LogP contribution in [0.4, 0.5) is 0 Å². The minimum atomic E-state index is -0.620. The van der Waals surface area contributed by atoms with Gasteiger partial charge in [0, 0.05) is 12.1 Å². The van der Waals surface area contributed by atoms with Crippen molar-refractivity contribution in [3.05, 3.63) is 89.5 Å². The van der Waals surface area contributed by atoms with Crippen LogP contribution in [0.1, 0.15) is 43.4 Å². The van der Waals surface area contributed by atoms with Gasteiger partial charge in [0.15, 0.2) is 0 Å². The van der Waals surface area contributed by atoms with Crippen molar-refractivity contribution in [1.29, 1.82) is 0 Å². The standard InChI is InChI=1S/C26H25NO3/c1-2-3-9-17-27-23(19-12-5-4-6-13-19)22(25(29)26(27)30)24(28)21-16-10-14-18-11-7-8-15-20(18)21/h4-8,10-16,23,28H,2-3,9,17H2,1H3/b24-22-. The Morgan fingerprint density at radius 3 is 2.37 bits per heavy atom. The van der Waals surface area contributed by atoms with Gasteiger partial charge in [0.2, 0.25) is 0 Å². The predicted molar refractivity (Wildman–Crippen MR) is 119 cm³/mol. The van der Waals surface area contributed by atoms with Gasteiger partial charge < -0.3 is 10.0 Å². The van der Waals surface area contributed by atoms with Gasteiger partial charge >= 0.3 is 0 Å². The van der Waals surface area contributed by atoms with Gasteiger partial charge in [-0.05, 0) is 22.8 Å². The third-order valence-corrected chi connectivity index (χ3v) is 5.70. The summed E-state index contributed by atoms with van der Waals surface area (Å²) in [7, 11) is 0. The van der Waals surface area contributed by atoms with E-state index in [1.165, 1.54) is 0 Å². The molecule has 1 amide bonds. The lowest BCUT2D eigenvalue weighted by Gasteiger charge is -2.25. The average molecular weight is 399 g/mol. The van der Waals surface area contributed by atoms with Crippen molar-refractivity contribution in [2.45, 2.75) is 32.2 Å². The lowest BCUT2D eigenvalue weighted by atomic mass is 9.93. The summed E-state index contributed by atoms with van der Waals surface area (Å²) in [5.41, 5.74) is 1.56. The van der Waals surface area contributed by atoms with Crippen molar-refractivity contribution < 1.29 is 14.7 Å². The highest BCUT2D eigenvalue weighted by Gasteiger charge is 2.45. The number of carbonyl (C=O) groups is 2. The number of Topliss-reactive ketones (excluding diaryl/α,β-unsaturated/α-hetero) is 1. The van der Waals surface area contributed by atoms with Gasteiger partial charge in [-0.15, -0.1) is 0 Å². The molecule has 0 radical (unpaired) electrons. The molecule has 0 bridgehead atoms. The Kier molecular flexibility index (Phi) is 5.66. The van der Waals surface area contributed by atoms with Crippen LogP contribution in [-0.4, -0.2) is 28.2 Å². The number of hydrogen-bond donors (Lipinski definition) is 1. The SMILES string of the molecule is CCCCCN1C(=O)C(=O)/C(=C(\O)c2cccc3ccccc23)C1c1ccccc1. The smallest absolute Gasteiger partial charge is 0.295 e. The van der Waals surface area contributed by atoms with Crippen LogP contribution in [-0.2, 0) is 9.59 Å². The molecule has 4 heteroatoms. The van der Waals surface area contributed by atoms with Gasteiger partial charge in [0.05, 0.1) is 11.6 Å². The second kappa shape index (κ2) is 8.54. The summed E-state index contributed by atoms with van der Waals surface area (Å²) in [6.07, 6.45) is 2.82. The van der Waals surface area contributed by atoms with Crippen LogP contribution < -0.4 is 0 Å². The van der Waals surface area contributed by atoms with E-state index < -0.39 is 17.7 Å². The fourth-order valence-corrected chi connectivity index (χ4v) is 4.20. The lowest BCUT2D eigenvalue weighted by Crippen LogP contribution is -2.30. The molecule has 0 saturated carbocycles. The number of unbranched alkanes of at least 4 members (excludes halogenated alkanes) is 2. The number of carbonyl (C=O) groups excluding carboxylic acids is 2. The Bertz CT molecular complexity index is 1110. The largest absolute Gasteiger partial charge is 0.507 e. The molecule has 1 saturated heterocycles. The Morgan fingerprint density at radius 1 is 0.900 bits per heavy atom. The van der Waals surface area contributed by atoms with Gasteiger partial charge in [-0.3, -0.25) is 9.59 Å². The average Bonchev–Trinajstić information content (AvgIpc) is 3.04. The zero-order valence-corrected chi connectivity index (χ0v) is 17.0. The lowest BCUT2D eigenvalue weighted by molar-refractivity contribution is -0.139. The van der Waals surface area contributed by atoms with Crippen molar-refractivity contribution in [3.63, 3.8) is 0 Å². The van der Waals surface area contributed by atoms with Crippen molar-refractivity contribution in [3.8, 4) is 0 Å². The maximum Gasteiger partial charge on any atom is 0.295 e. The number of likely N-dealkylation sites (tertiary alicyclic amines) is 1. The van der Waals surface area contributed by atoms with E-state index in [-0.39, 0.29) is 11.3 Å². The number of aliphatic hydroxyl groups excluding tert-OH is 1. The molecule has 3 aromatic rings. The fourth-order valence-electron chi connectivity index (χ4n) is 4.20. The number of hydrogen-bond acceptors (Lipinski definition) is 3. The topological polar surface area (TPSA) is 57.6 Å². The normalized spacial score (nSPS) is 18.3. The summed E-state index contributed by atoms with van der Waals surface area (Å²) in [6.45, 7) is 2.59. The second-order valence-electron chi connectivity index (χ2n) is 7.64. The summed E-state index contributed by atoms with van der Waals surface area (Å²) in [5, 5.41) is 13.1. The molecule has 1 atom stereocenters. The minimum absolute atomic E-state index is 0.114. The van der Waals surface area contributed by atoms with Crippen molar-refractivity contribution >= 4 is 28.2 Å². The molecule has 30 heavy (non-hydrogen) atoms. The summed E-state index contributed by atoms with van der Waals surface area (Å²) in [6, 6.07) is 22.2. The van der Waals surface area contributed by atoms with Gasteiger partial charge in [0.1, 0.15) is 5.76 Å². The molecule has 4 rings (SSSR count). The molecule has 4 nitrogen and oxygen atoms in total. The fraction of sp³-hybridized carbons (Fsp3) is 0.231. The molecule has 0 aliphatic carbocycles. The van der Waals surface area contributed by atoms with E-state index in [1.54, 1.807) is 11.0 Å². The molecule has 1 heterocycles. The Balaban J connectivity index is 1.89. The Morgan fingerprint density at radius 2 is 1.60 bits per heavy atom. The zero-order valence-electron chi connectivity index (χ0n) is 17.0. The first-order valence-corrected chi connectivity index (χ1v) is 10.4. The van der Waals surface area contributed by atoms with Gasteiger partial charge in [0.25, 0.3) is 11.7 Å². The van der Waals surface area contributed by atoms with Gasteiger partial charge in [-0.1, -0.05) is 92.6 Å². The highest BCUT2D eigenvalue weighted by molar-refractivity contribution is 6.46. The number of fused-ring (bicyclic) bond motifs is 1. The summed E-state index contributed by atoms with van der Waals surface area (Å²) >= 11 is 0. The van der Waals surface area contributed by atoms with E-state index in [0.29, 0.717) is 12.1 Å². The highest BCUT2D eigenvalue weighted by atomic mass is 16.3. The van der Waals surface area contributed by atoms with Crippen LogP contribution in [0.5, 0.6) is 0 Å². The van der Waals surface area contributed by atoms with Crippen LogP contribution in [0.3, 0.4) is 0 Å². The van der Waals surface area contributed by atoms with Crippen LogP contribution in [0.25, 0.3) is 16.5 Å². The number of aliphatic hydroxyl groups is 1. The monoisotopic (exact) mass is 399 g/mol. The number of ketones is 1. The zero-order chi connectivity index (χ0) is 21.1. The van der Waals surface area contributed by atoms with Gasteiger partial charge in [-0.25, -0.2) is 0 Å². The molecule has 0 spiro atoms. The van der Waals surface area contributed by atoms with Crippen molar-refractivity contribution in [1.82, 2.24) is 4.90 Å². The predicted octanol–water partition coefficient (Wildman–Crippen LogP) is 5.45. The van der Waals surface area contributed by atoms with E-state index in [0.717, 1.165) is 35.6 Å². The molecular weight excluding hydrogens is 374 g/mol. The molecule has 0 aromatic heterocycles. The minimum Gasteiger partial charge on any atom is -0.507 e. The van der Waals surface area contributed by atoms with Crippen LogP contribution >= 0.6 is 0 Å². The quantitative estimate of drug-likeness (QED) is 0.259.